The Bertz CT molecular complexity index is 803. The summed E-state index contributed by atoms with van der Waals surface area (Å²) in [6.07, 6.45) is 1.09. The van der Waals surface area contributed by atoms with Crippen LogP contribution in [0.2, 0.25) is 10.0 Å². The molecule has 1 heterocycles. The molecular weight excluding hydrogens is 397 g/mol. The number of ether oxygens (including phenoxy) is 2. The number of carbonyl (C=O) groups is 1. The number of benzene rings is 2. The fourth-order valence-corrected chi connectivity index (χ4v) is 3.99. The van der Waals surface area contributed by atoms with Crippen LogP contribution in [-0.2, 0) is 22.5 Å². The van der Waals surface area contributed by atoms with Gasteiger partial charge in [-0.1, -0.05) is 23.2 Å². The van der Waals surface area contributed by atoms with Crippen molar-refractivity contribution >= 4 is 46.2 Å². The van der Waals surface area contributed by atoms with Crippen molar-refractivity contribution in [2.24, 2.45) is 0 Å². The van der Waals surface area contributed by atoms with E-state index < -0.39 is 17.3 Å². The lowest BCUT2D eigenvalue weighted by Gasteiger charge is -2.18. The summed E-state index contributed by atoms with van der Waals surface area (Å²) in [5, 5.41) is 3.50. The Balaban J connectivity index is 1.41. The van der Waals surface area contributed by atoms with Gasteiger partial charge in [0.25, 0.3) is 0 Å². The maximum atomic E-state index is 12.2. The van der Waals surface area contributed by atoms with Gasteiger partial charge in [0.05, 0.1) is 22.3 Å². The molecule has 0 fully saturated rings. The fourth-order valence-electron chi connectivity index (χ4n) is 2.45. The molecular formula is C18H17Cl2NO4S. The number of fused-ring (bicyclic) bond motifs is 1. The van der Waals surface area contributed by atoms with E-state index in [0.29, 0.717) is 33.0 Å². The normalized spacial score (nSPS) is 14.2. The van der Waals surface area contributed by atoms with Crippen LogP contribution in [0.3, 0.4) is 0 Å². The highest BCUT2D eigenvalue weighted by Crippen LogP contribution is 2.27. The van der Waals surface area contributed by atoms with Crippen LogP contribution in [0.15, 0.2) is 41.3 Å². The van der Waals surface area contributed by atoms with Gasteiger partial charge in [-0.3, -0.25) is 5.32 Å². The first-order chi connectivity index (χ1) is 12.5. The Labute approximate surface area is 164 Å². The number of amides is 1. The van der Waals surface area contributed by atoms with Crippen LogP contribution in [0.4, 0.5) is 10.5 Å². The van der Waals surface area contributed by atoms with E-state index in [1.165, 1.54) is 0 Å². The fraction of sp³-hybridized carbons (Fsp3) is 0.278. The van der Waals surface area contributed by atoms with Crippen LogP contribution >= 0.6 is 23.2 Å². The highest BCUT2D eigenvalue weighted by molar-refractivity contribution is 7.91. The summed E-state index contributed by atoms with van der Waals surface area (Å²) in [6.45, 7) is 0.756. The van der Waals surface area contributed by atoms with Crippen molar-refractivity contribution in [3.05, 3.63) is 52.0 Å². The molecule has 1 amide bonds. The van der Waals surface area contributed by atoms with Gasteiger partial charge in [-0.05, 0) is 54.3 Å². The molecule has 1 unspecified atom stereocenters. The van der Waals surface area contributed by atoms with Gasteiger partial charge in [0, 0.05) is 11.6 Å². The predicted octanol–water partition coefficient (Wildman–Crippen LogP) is 5.02. The zero-order valence-electron chi connectivity index (χ0n) is 13.8. The summed E-state index contributed by atoms with van der Waals surface area (Å²) < 4.78 is 22.9. The second-order valence-electron chi connectivity index (χ2n) is 5.70. The van der Waals surface area contributed by atoms with Crippen molar-refractivity contribution in [3.63, 3.8) is 0 Å². The molecule has 1 N–H and O–H groups in total. The summed E-state index contributed by atoms with van der Waals surface area (Å²) in [7, 11) is 0. The molecule has 0 saturated carbocycles. The minimum atomic E-state index is -1.11. The Morgan fingerprint density at radius 2 is 2.00 bits per heavy atom. The Kier molecular flexibility index (Phi) is 6.53. The number of hydrogen-bond donors (Lipinski definition) is 1. The smallest absolute Gasteiger partial charge is 0.411 e. The van der Waals surface area contributed by atoms with Crippen LogP contribution in [-0.4, -0.2) is 23.0 Å². The lowest BCUT2D eigenvalue weighted by Crippen LogP contribution is -2.20. The number of rotatable bonds is 7. The number of anilines is 1. The molecule has 0 bridgehead atoms. The molecule has 0 aliphatic carbocycles. The second-order valence-corrected chi connectivity index (χ2v) is 8.09. The van der Waals surface area contributed by atoms with Gasteiger partial charge < -0.3 is 14.0 Å². The summed E-state index contributed by atoms with van der Waals surface area (Å²) in [5.41, 5.74) is 1.62. The standard InChI is InChI=1S/C18H17Cl2NO4S/c19-15-5-4-14(10-16(15)20)26(23)8-2-1-7-24-13-3-6-17-12(9-13)11-25-18(22)21-17/h3-6,9-10H,1-2,7-8,11H2,(H,21,22). The van der Waals surface area contributed by atoms with Crippen molar-refractivity contribution in [2.75, 3.05) is 17.7 Å². The van der Waals surface area contributed by atoms with Crippen molar-refractivity contribution in [1.29, 1.82) is 0 Å². The maximum Gasteiger partial charge on any atom is 0.411 e. The topological polar surface area (TPSA) is 70.6 Å². The summed E-state index contributed by atoms with van der Waals surface area (Å²) >= 11 is 10.7. The van der Waals surface area contributed by atoms with Crippen molar-refractivity contribution in [2.45, 2.75) is 24.3 Å². The van der Waals surface area contributed by atoms with E-state index in [2.05, 4.69) is 5.32 Å². The van der Waals surface area contributed by atoms with Gasteiger partial charge in [0.2, 0.25) is 0 Å². The minimum Gasteiger partial charge on any atom is -0.611 e. The SMILES string of the molecule is O=C1Nc2ccc(OCCCC[S+]([O-])c3ccc(Cl)c(Cl)c3)cc2CO1. The predicted molar refractivity (Wildman–Crippen MR) is 103 cm³/mol. The van der Waals surface area contributed by atoms with Crippen LogP contribution in [0.25, 0.3) is 0 Å². The van der Waals surface area contributed by atoms with Gasteiger partial charge in [0.15, 0.2) is 4.90 Å². The quantitative estimate of drug-likeness (QED) is 0.510. The molecule has 1 aliphatic heterocycles. The van der Waals surface area contributed by atoms with Gasteiger partial charge >= 0.3 is 6.09 Å². The number of nitrogens with one attached hydrogen (secondary N) is 1. The lowest BCUT2D eigenvalue weighted by atomic mass is 10.1. The molecule has 1 aliphatic rings. The third-order valence-electron chi connectivity index (χ3n) is 3.82. The highest BCUT2D eigenvalue weighted by Gasteiger charge is 2.16. The first kappa shape index (κ1) is 19.2. The van der Waals surface area contributed by atoms with Crippen LogP contribution < -0.4 is 10.1 Å². The molecule has 2 aromatic rings. The van der Waals surface area contributed by atoms with Crippen molar-refractivity contribution < 1.29 is 18.8 Å². The molecule has 2 aromatic carbocycles. The van der Waals surface area contributed by atoms with Gasteiger partial charge in [0.1, 0.15) is 18.1 Å². The average molecular weight is 414 g/mol. The summed E-state index contributed by atoms with van der Waals surface area (Å²) in [5.74, 6) is 1.25. The van der Waals surface area contributed by atoms with Crippen LogP contribution in [0, 0.1) is 0 Å². The van der Waals surface area contributed by atoms with Crippen molar-refractivity contribution in [3.8, 4) is 5.75 Å². The second kappa shape index (κ2) is 8.86. The van der Waals surface area contributed by atoms with Gasteiger partial charge in [-0.15, -0.1) is 0 Å². The van der Waals surface area contributed by atoms with Gasteiger partial charge in [-0.2, -0.15) is 0 Å². The summed E-state index contributed by atoms with van der Waals surface area (Å²) in [4.78, 5) is 11.8. The third-order valence-corrected chi connectivity index (χ3v) is 6.00. The van der Waals surface area contributed by atoms with E-state index in [-0.39, 0.29) is 6.61 Å². The first-order valence-electron chi connectivity index (χ1n) is 8.06. The number of carbonyl (C=O) groups excluding carboxylic acids is 1. The Hall–Kier alpha value is -1.60. The highest BCUT2D eigenvalue weighted by atomic mass is 35.5. The number of halogens is 2. The maximum absolute atomic E-state index is 12.2. The molecule has 5 nitrogen and oxygen atoms in total. The number of hydrogen-bond acceptors (Lipinski definition) is 4. The zero-order chi connectivity index (χ0) is 18.5. The number of unbranched alkanes of at least 4 members (excludes halogenated alkanes) is 1. The average Bonchev–Trinajstić information content (AvgIpc) is 2.63. The molecule has 0 spiro atoms. The number of cyclic esters (lactones) is 1. The van der Waals surface area contributed by atoms with Crippen LogP contribution in [0.1, 0.15) is 18.4 Å². The van der Waals surface area contributed by atoms with E-state index in [9.17, 15) is 9.35 Å². The molecule has 0 aromatic heterocycles. The largest absolute Gasteiger partial charge is 0.611 e. The molecule has 138 valence electrons. The van der Waals surface area contributed by atoms with E-state index in [0.717, 1.165) is 24.1 Å². The molecule has 3 rings (SSSR count). The van der Waals surface area contributed by atoms with Gasteiger partial charge in [-0.25, -0.2) is 4.79 Å². The molecule has 26 heavy (non-hydrogen) atoms. The third kappa shape index (κ3) is 4.98. The summed E-state index contributed by atoms with van der Waals surface area (Å²) in [6, 6.07) is 10.5. The molecule has 0 saturated heterocycles. The first-order valence-corrected chi connectivity index (χ1v) is 10.1. The molecule has 1 atom stereocenters. The van der Waals surface area contributed by atoms with Crippen LogP contribution in [0.5, 0.6) is 5.75 Å². The van der Waals surface area contributed by atoms with E-state index in [1.54, 1.807) is 30.3 Å². The van der Waals surface area contributed by atoms with E-state index in [1.807, 2.05) is 6.07 Å². The minimum absolute atomic E-state index is 0.237. The zero-order valence-corrected chi connectivity index (χ0v) is 16.1. The monoisotopic (exact) mass is 413 g/mol. The Morgan fingerprint density at radius 3 is 2.81 bits per heavy atom. The van der Waals surface area contributed by atoms with Crippen molar-refractivity contribution in [1.82, 2.24) is 0 Å². The molecule has 8 heteroatoms. The van der Waals surface area contributed by atoms with E-state index >= 15 is 0 Å². The Morgan fingerprint density at radius 1 is 1.15 bits per heavy atom. The lowest BCUT2D eigenvalue weighted by molar-refractivity contribution is 0.151. The van der Waals surface area contributed by atoms with E-state index in [4.69, 9.17) is 32.7 Å². The molecule has 0 radical (unpaired) electrons.